The number of H-pyrrole nitrogens is 1. The Bertz CT molecular complexity index is 1390. The van der Waals surface area contributed by atoms with Crippen molar-refractivity contribution in [2.24, 2.45) is 0 Å². The van der Waals surface area contributed by atoms with Gasteiger partial charge in [0, 0.05) is 26.4 Å². The Balaban J connectivity index is 1.47. The van der Waals surface area contributed by atoms with Crippen molar-refractivity contribution in [3.05, 3.63) is 54.4 Å². The number of aromatic nitrogens is 5. The highest BCUT2D eigenvalue weighted by Gasteiger charge is 2.34. The maximum atomic E-state index is 13.3. The van der Waals surface area contributed by atoms with Crippen molar-refractivity contribution < 1.29 is 22.7 Å². The topological polar surface area (TPSA) is 101 Å². The van der Waals surface area contributed by atoms with Gasteiger partial charge in [-0.2, -0.15) is 23.4 Å². The van der Waals surface area contributed by atoms with E-state index in [0.717, 1.165) is 10.2 Å². The summed E-state index contributed by atoms with van der Waals surface area (Å²) >= 11 is 0. The standard InChI is InChI=1S/C25H26F3N7O2/c1-3-17(15-7-5-4-6-8-15)24(36)31-20-11-30-32-22(20)19-9-21-18(10-29-19)23(34-12-16(13-34)37-2)33-35(21)14-25(26,27)28/h4-11,16-17H,3,12-14H2,1-2H3,(H,30,32)(H,31,36)/t17-/m0/s1. The Morgan fingerprint density at radius 3 is 2.68 bits per heavy atom. The van der Waals surface area contributed by atoms with Gasteiger partial charge in [0.05, 0.1) is 40.5 Å². The fraction of sp³-hybridized carbons (Fsp3) is 0.360. The van der Waals surface area contributed by atoms with Gasteiger partial charge in [0.2, 0.25) is 5.91 Å². The molecule has 1 aromatic carbocycles. The van der Waals surface area contributed by atoms with Crippen molar-refractivity contribution in [1.82, 2.24) is 25.0 Å². The predicted octanol–water partition coefficient (Wildman–Crippen LogP) is 4.35. The number of fused-ring (bicyclic) bond motifs is 1. The second-order valence-electron chi connectivity index (χ2n) is 8.97. The van der Waals surface area contributed by atoms with Crippen molar-refractivity contribution >= 4 is 28.3 Å². The molecular formula is C25H26F3N7O2. The number of methoxy groups -OCH3 is 1. The molecular weight excluding hydrogens is 487 g/mol. The molecule has 194 valence electrons. The average Bonchev–Trinajstić information content (AvgIpc) is 3.43. The van der Waals surface area contributed by atoms with Gasteiger partial charge in [-0.1, -0.05) is 37.3 Å². The van der Waals surface area contributed by atoms with Gasteiger partial charge < -0.3 is 15.0 Å². The average molecular weight is 514 g/mol. The third kappa shape index (κ3) is 5.01. The summed E-state index contributed by atoms with van der Waals surface area (Å²) in [5.74, 6) is -0.159. The van der Waals surface area contributed by atoms with E-state index in [0.29, 0.717) is 47.8 Å². The van der Waals surface area contributed by atoms with E-state index in [4.69, 9.17) is 4.74 Å². The number of carbonyl (C=O) groups is 1. The van der Waals surface area contributed by atoms with Crippen LogP contribution in [0.5, 0.6) is 0 Å². The van der Waals surface area contributed by atoms with Crippen LogP contribution in [0.1, 0.15) is 24.8 Å². The van der Waals surface area contributed by atoms with Crippen LogP contribution in [0.4, 0.5) is 24.7 Å². The molecule has 1 saturated heterocycles. The van der Waals surface area contributed by atoms with Crippen LogP contribution in [0.3, 0.4) is 0 Å². The molecule has 0 spiro atoms. The van der Waals surface area contributed by atoms with E-state index in [2.05, 4.69) is 25.6 Å². The lowest BCUT2D eigenvalue weighted by Crippen LogP contribution is -2.52. The summed E-state index contributed by atoms with van der Waals surface area (Å²) in [5, 5.41) is 14.5. The van der Waals surface area contributed by atoms with Gasteiger partial charge in [0.15, 0.2) is 5.82 Å². The number of nitrogens with zero attached hydrogens (tertiary/aromatic N) is 5. The highest BCUT2D eigenvalue weighted by Crippen LogP contribution is 2.34. The van der Waals surface area contributed by atoms with Crippen molar-refractivity contribution in [3.63, 3.8) is 0 Å². The van der Waals surface area contributed by atoms with Gasteiger partial charge in [-0.15, -0.1) is 0 Å². The number of aromatic amines is 1. The normalized spacial score (nSPS) is 15.1. The molecule has 2 N–H and O–H groups in total. The Kier molecular flexibility index (Phi) is 6.59. The molecule has 4 aromatic rings. The fourth-order valence-corrected chi connectivity index (χ4v) is 4.53. The second kappa shape index (κ2) is 9.85. The molecule has 3 aromatic heterocycles. The molecule has 37 heavy (non-hydrogen) atoms. The van der Waals surface area contributed by atoms with E-state index in [1.54, 1.807) is 7.11 Å². The molecule has 12 heteroatoms. The van der Waals surface area contributed by atoms with Gasteiger partial charge in [0.25, 0.3) is 0 Å². The SMILES string of the molecule is CC[C@H](C(=O)Nc1cn[nH]c1-c1cc2c(cn1)c(N1CC(OC)C1)nn2CC(F)(F)F)c1ccccc1. The number of halogens is 3. The van der Waals surface area contributed by atoms with Crippen molar-refractivity contribution in [2.45, 2.75) is 38.1 Å². The first-order valence-electron chi connectivity index (χ1n) is 11.9. The number of hydrogen-bond acceptors (Lipinski definition) is 6. The highest BCUT2D eigenvalue weighted by atomic mass is 19.4. The Hall–Kier alpha value is -3.93. The number of hydrogen-bond donors (Lipinski definition) is 2. The minimum atomic E-state index is -4.45. The van der Waals surface area contributed by atoms with Crippen molar-refractivity contribution in [3.8, 4) is 11.4 Å². The highest BCUT2D eigenvalue weighted by molar-refractivity contribution is 5.99. The van der Waals surface area contributed by atoms with E-state index in [9.17, 15) is 18.0 Å². The molecule has 1 aliphatic heterocycles. The first-order chi connectivity index (χ1) is 17.8. The van der Waals surface area contributed by atoms with Crippen LogP contribution in [0, 0.1) is 0 Å². The maximum Gasteiger partial charge on any atom is 0.408 e. The number of amides is 1. The number of nitrogens with one attached hydrogen (secondary N) is 2. The quantitative estimate of drug-likeness (QED) is 0.363. The lowest BCUT2D eigenvalue weighted by atomic mass is 9.95. The number of carbonyl (C=O) groups excluding carboxylic acids is 1. The number of anilines is 2. The zero-order valence-corrected chi connectivity index (χ0v) is 20.3. The van der Waals surface area contributed by atoms with Crippen LogP contribution in [-0.4, -0.2) is 63.3 Å². The van der Waals surface area contributed by atoms with Gasteiger partial charge in [-0.25, -0.2) is 0 Å². The van der Waals surface area contributed by atoms with Crippen LogP contribution < -0.4 is 10.2 Å². The zero-order chi connectivity index (χ0) is 26.2. The Morgan fingerprint density at radius 1 is 1.24 bits per heavy atom. The number of alkyl halides is 3. The molecule has 0 aliphatic carbocycles. The number of rotatable bonds is 8. The van der Waals surface area contributed by atoms with Crippen LogP contribution >= 0.6 is 0 Å². The fourth-order valence-electron chi connectivity index (χ4n) is 4.53. The molecule has 0 unspecified atom stereocenters. The van der Waals surface area contributed by atoms with Gasteiger partial charge in [-0.3, -0.25) is 19.6 Å². The third-order valence-electron chi connectivity index (χ3n) is 6.51. The van der Waals surface area contributed by atoms with Gasteiger partial charge >= 0.3 is 6.18 Å². The zero-order valence-electron chi connectivity index (χ0n) is 20.3. The summed E-state index contributed by atoms with van der Waals surface area (Å²) in [6.45, 7) is 1.76. The summed E-state index contributed by atoms with van der Waals surface area (Å²) in [4.78, 5) is 19.4. The molecule has 1 fully saturated rings. The summed E-state index contributed by atoms with van der Waals surface area (Å²) in [6.07, 6.45) is -0.892. The van der Waals surface area contributed by atoms with E-state index < -0.39 is 12.7 Å². The molecule has 9 nitrogen and oxygen atoms in total. The molecule has 0 radical (unpaired) electrons. The van der Waals surface area contributed by atoms with E-state index in [1.165, 1.54) is 18.5 Å². The maximum absolute atomic E-state index is 13.3. The van der Waals surface area contributed by atoms with Gasteiger partial charge in [0.1, 0.15) is 12.2 Å². The van der Waals surface area contributed by atoms with Gasteiger partial charge in [-0.05, 0) is 18.1 Å². The first kappa shape index (κ1) is 24.8. The summed E-state index contributed by atoms with van der Waals surface area (Å²) in [7, 11) is 1.60. The lowest BCUT2D eigenvalue weighted by Gasteiger charge is -2.38. The minimum Gasteiger partial charge on any atom is -0.378 e. The Morgan fingerprint density at radius 2 is 2.00 bits per heavy atom. The smallest absolute Gasteiger partial charge is 0.378 e. The minimum absolute atomic E-state index is 0.00837. The predicted molar refractivity (Wildman–Crippen MR) is 132 cm³/mol. The molecule has 1 aliphatic rings. The van der Waals surface area contributed by atoms with Crippen LogP contribution in [0.25, 0.3) is 22.3 Å². The molecule has 0 saturated carbocycles. The monoisotopic (exact) mass is 513 g/mol. The number of benzene rings is 1. The molecule has 5 rings (SSSR count). The largest absolute Gasteiger partial charge is 0.408 e. The van der Waals surface area contributed by atoms with Crippen molar-refractivity contribution in [2.75, 3.05) is 30.4 Å². The summed E-state index contributed by atoms with van der Waals surface area (Å²) in [5.41, 5.74) is 2.28. The first-order valence-corrected chi connectivity index (χ1v) is 11.9. The summed E-state index contributed by atoms with van der Waals surface area (Å²) < 4.78 is 46.3. The molecule has 1 atom stereocenters. The molecule has 1 amide bonds. The second-order valence-corrected chi connectivity index (χ2v) is 8.97. The number of ether oxygens (including phenoxy) is 1. The summed E-state index contributed by atoms with van der Waals surface area (Å²) in [6, 6.07) is 11.0. The van der Waals surface area contributed by atoms with Crippen LogP contribution in [0.2, 0.25) is 0 Å². The van der Waals surface area contributed by atoms with Crippen LogP contribution in [0.15, 0.2) is 48.8 Å². The van der Waals surface area contributed by atoms with E-state index in [1.807, 2.05) is 42.2 Å². The Labute approximate surface area is 210 Å². The van der Waals surface area contributed by atoms with Crippen LogP contribution in [-0.2, 0) is 16.1 Å². The van der Waals surface area contributed by atoms with E-state index >= 15 is 0 Å². The lowest BCUT2D eigenvalue weighted by molar-refractivity contribution is -0.141. The van der Waals surface area contributed by atoms with E-state index in [-0.39, 0.29) is 23.4 Å². The third-order valence-corrected chi connectivity index (χ3v) is 6.51. The molecule has 0 bridgehead atoms. The van der Waals surface area contributed by atoms with Crippen molar-refractivity contribution in [1.29, 1.82) is 0 Å². The number of pyridine rings is 1. The molecule has 4 heterocycles.